The van der Waals surface area contributed by atoms with Crippen LogP contribution in [0.15, 0.2) is 18.2 Å². The van der Waals surface area contributed by atoms with E-state index in [1.165, 1.54) is 25.8 Å². The summed E-state index contributed by atoms with van der Waals surface area (Å²) in [5, 5.41) is 0. The molecule has 1 aromatic carbocycles. The van der Waals surface area contributed by atoms with Crippen molar-refractivity contribution < 1.29 is 4.39 Å². The summed E-state index contributed by atoms with van der Waals surface area (Å²) in [6, 6.07) is 5.89. The molecule has 1 atom stereocenters. The number of nitrogens with zero attached hydrogens (tertiary/aromatic N) is 2. The van der Waals surface area contributed by atoms with Crippen molar-refractivity contribution in [3.05, 3.63) is 29.6 Å². The number of nitrogen functional groups attached to an aromatic ring is 1. The lowest BCUT2D eigenvalue weighted by molar-refractivity contribution is 0.0456. The summed E-state index contributed by atoms with van der Waals surface area (Å²) in [5.74, 6) is -0.297. The smallest absolute Gasteiger partial charge is 0.146 e. The van der Waals surface area contributed by atoms with Gasteiger partial charge in [-0.15, -0.1) is 0 Å². The highest BCUT2D eigenvalue weighted by atomic mass is 19.1. The second-order valence-corrected chi connectivity index (χ2v) is 5.78. The number of piperazine rings is 1. The molecule has 0 radical (unpaired) electrons. The Hall–Kier alpha value is -1.13. The van der Waals surface area contributed by atoms with E-state index in [1.807, 2.05) is 6.07 Å². The quantitative estimate of drug-likeness (QED) is 0.829. The fourth-order valence-corrected chi connectivity index (χ4v) is 3.29. The zero-order valence-electron chi connectivity index (χ0n) is 11.3. The molecule has 0 saturated carbocycles. The molecule has 2 aliphatic heterocycles. The van der Waals surface area contributed by atoms with E-state index in [1.54, 1.807) is 12.1 Å². The van der Waals surface area contributed by atoms with Gasteiger partial charge in [0.05, 0.1) is 5.69 Å². The second-order valence-electron chi connectivity index (χ2n) is 5.78. The Balaban J connectivity index is 1.62. The summed E-state index contributed by atoms with van der Waals surface area (Å²) in [7, 11) is 0. The molecular formula is C15H22FN3. The highest BCUT2D eigenvalue weighted by Crippen LogP contribution is 2.22. The molecule has 0 spiro atoms. The molecule has 0 bridgehead atoms. The monoisotopic (exact) mass is 263 g/mol. The standard InChI is InChI=1S/C15H22FN3/c16-14-9-12(4-5-15(14)17)10-18-7-8-19-6-2-1-3-13(19)11-18/h4-5,9,13H,1-3,6-8,10-11,17H2. The number of fused-ring (bicyclic) bond motifs is 1. The Morgan fingerprint density at radius 2 is 2.11 bits per heavy atom. The predicted octanol–water partition coefficient (Wildman–Crippen LogP) is 2.08. The van der Waals surface area contributed by atoms with Crippen molar-refractivity contribution in [2.24, 2.45) is 0 Å². The lowest BCUT2D eigenvalue weighted by atomic mass is 9.99. The molecule has 2 N–H and O–H groups in total. The van der Waals surface area contributed by atoms with E-state index in [-0.39, 0.29) is 11.5 Å². The molecule has 3 rings (SSSR count). The topological polar surface area (TPSA) is 32.5 Å². The molecular weight excluding hydrogens is 241 g/mol. The van der Waals surface area contributed by atoms with Crippen molar-refractivity contribution in [2.45, 2.75) is 31.8 Å². The van der Waals surface area contributed by atoms with Crippen LogP contribution in [0.1, 0.15) is 24.8 Å². The number of hydrogen-bond acceptors (Lipinski definition) is 3. The summed E-state index contributed by atoms with van der Waals surface area (Å²) in [5.41, 5.74) is 6.77. The summed E-state index contributed by atoms with van der Waals surface area (Å²) < 4.78 is 13.5. The number of benzene rings is 1. The molecule has 104 valence electrons. The minimum atomic E-state index is -0.297. The maximum Gasteiger partial charge on any atom is 0.146 e. The van der Waals surface area contributed by atoms with E-state index in [0.29, 0.717) is 6.04 Å². The predicted molar refractivity (Wildman–Crippen MR) is 75.3 cm³/mol. The summed E-state index contributed by atoms with van der Waals surface area (Å²) >= 11 is 0. The van der Waals surface area contributed by atoms with Crippen LogP contribution < -0.4 is 5.73 Å². The molecule has 4 heteroatoms. The van der Waals surface area contributed by atoms with Gasteiger partial charge in [-0.3, -0.25) is 9.80 Å². The third-order valence-electron chi connectivity index (χ3n) is 4.39. The van der Waals surface area contributed by atoms with Gasteiger partial charge in [0.15, 0.2) is 0 Å². The Labute approximate surface area is 114 Å². The van der Waals surface area contributed by atoms with Crippen LogP contribution in [0.25, 0.3) is 0 Å². The van der Waals surface area contributed by atoms with Gasteiger partial charge in [0.1, 0.15) is 5.82 Å². The molecule has 0 amide bonds. The number of nitrogens with two attached hydrogens (primary N) is 1. The maximum absolute atomic E-state index is 13.5. The van der Waals surface area contributed by atoms with Gasteiger partial charge in [-0.25, -0.2) is 4.39 Å². The molecule has 0 aliphatic carbocycles. The fraction of sp³-hybridized carbons (Fsp3) is 0.600. The molecule has 2 fully saturated rings. The first-order valence-corrected chi connectivity index (χ1v) is 7.23. The third kappa shape index (κ3) is 2.90. The second kappa shape index (κ2) is 5.47. The Morgan fingerprint density at radius 3 is 2.95 bits per heavy atom. The first-order chi connectivity index (χ1) is 9.22. The van der Waals surface area contributed by atoms with Crippen LogP contribution in [0.3, 0.4) is 0 Å². The SMILES string of the molecule is Nc1ccc(CN2CCN3CCCCC3C2)cc1F. The van der Waals surface area contributed by atoms with Crippen molar-refractivity contribution in [3.63, 3.8) is 0 Å². The van der Waals surface area contributed by atoms with Crippen molar-refractivity contribution in [1.29, 1.82) is 0 Å². The Bertz CT molecular complexity index is 449. The van der Waals surface area contributed by atoms with Crippen molar-refractivity contribution in [3.8, 4) is 0 Å². The first-order valence-electron chi connectivity index (χ1n) is 7.23. The molecule has 2 saturated heterocycles. The molecule has 1 aromatic rings. The van der Waals surface area contributed by atoms with Gasteiger partial charge in [0.25, 0.3) is 0 Å². The minimum Gasteiger partial charge on any atom is -0.396 e. The molecule has 2 heterocycles. The van der Waals surface area contributed by atoms with E-state index in [4.69, 9.17) is 5.73 Å². The third-order valence-corrected chi connectivity index (χ3v) is 4.39. The molecule has 2 aliphatic rings. The van der Waals surface area contributed by atoms with Gasteiger partial charge in [0, 0.05) is 32.2 Å². The van der Waals surface area contributed by atoms with Crippen molar-refractivity contribution in [2.75, 3.05) is 31.9 Å². The molecule has 0 aromatic heterocycles. The number of piperidine rings is 1. The van der Waals surface area contributed by atoms with Crippen LogP contribution in [0.4, 0.5) is 10.1 Å². The van der Waals surface area contributed by atoms with Gasteiger partial charge in [-0.05, 0) is 37.1 Å². The van der Waals surface area contributed by atoms with Crippen LogP contribution in [0.5, 0.6) is 0 Å². The van der Waals surface area contributed by atoms with Gasteiger partial charge in [0.2, 0.25) is 0 Å². The van der Waals surface area contributed by atoms with Gasteiger partial charge >= 0.3 is 0 Å². The van der Waals surface area contributed by atoms with Crippen LogP contribution in [0.2, 0.25) is 0 Å². The van der Waals surface area contributed by atoms with Crippen LogP contribution in [-0.2, 0) is 6.54 Å². The number of hydrogen-bond donors (Lipinski definition) is 1. The molecule has 3 nitrogen and oxygen atoms in total. The zero-order valence-corrected chi connectivity index (χ0v) is 11.3. The van der Waals surface area contributed by atoms with Crippen molar-refractivity contribution in [1.82, 2.24) is 9.80 Å². The van der Waals surface area contributed by atoms with Gasteiger partial charge < -0.3 is 5.73 Å². The number of anilines is 1. The van der Waals surface area contributed by atoms with Crippen LogP contribution in [-0.4, -0.2) is 42.0 Å². The van der Waals surface area contributed by atoms with Crippen LogP contribution >= 0.6 is 0 Å². The fourth-order valence-electron chi connectivity index (χ4n) is 3.29. The average Bonchev–Trinajstić information content (AvgIpc) is 2.43. The van der Waals surface area contributed by atoms with Crippen LogP contribution in [0, 0.1) is 5.82 Å². The lowest BCUT2D eigenvalue weighted by Gasteiger charge is -2.44. The summed E-state index contributed by atoms with van der Waals surface area (Å²) in [6.07, 6.45) is 4.01. The average molecular weight is 263 g/mol. The van der Waals surface area contributed by atoms with E-state index in [9.17, 15) is 4.39 Å². The van der Waals surface area contributed by atoms with Gasteiger partial charge in [-0.2, -0.15) is 0 Å². The largest absolute Gasteiger partial charge is 0.396 e. The van der Waals surface area contributed by atoms with E-state index in [2.05, 4.69) is 9.80 Å². The first kappa shape index (κ1) is 12.9. The lowest BCUT2D eigenvalue weighted by Crippen LogP contribution is -2.54. The molecule has 1 unspecified atom stereocenters. The molecule has 19 heavy (non-hydrogen) atoms. The number of halogens is 1. The zero-order chi connectivity index (χ0) is 13.2. The number of rotatable bonds is 2. The van der Waals surface area contributed by atoms with Crippen molar-refractivity contribution >= 4 is 5.69 Å². The van der Waals surface area contributed by atoms with E-state index >= 15 is 0 Å². The van der Waals surface area contributed by atoms with Gasteiger partial charge in [-0.1, -0.05) is 12.5 Å². The van der Waals surface area contributed by atoms with E-state index in [0.717, 1.165) is 31.7 Å². The highest BCUT2D eigenvalue weighted by molar-refractivity contribution is 5.41. The minimum absolute atomic E-state index is 0.237. The summed E-state index contributed by atoms with van der Waals surface area (Å²) in [4.78, 5) is 5.06. The normalized spacial score (nSPS) is 25.2. The maximum atomic E-state index is 13.5. The Morgan fingerprint density at radius 1 is 1.21 bits per heavy atom. The summed E-state index contributed by atoms with van der Waals surface area (Å²) in [6.45, 7) is 5.45. The Kier molecular flexibility index (Phi) is 3.71. The highest BCUT2D eigenvalue weighted by Gasteiger charge is 2.28. The van der Waals surface area contributed by atoms with E-state index < -0.39 is 0 Å².